The molecule has 0 aromatic rings. The average molecular weight is 740 g/mol. The van der Waals surface area contributed by atoms with Crippen molar-refractivity contribution in [3.8, 4) is 0 Å². The van der Waals surface area contributed by atoms with Crippen LogP contribution in [-0.4, -0.2) is 140 Å². The number of phosphoric ester groups is 3. The first-order valence-electron chi connectivity index (χ1n) is 7.23. The molecule has 6 N–H and O–H groups in total. The first-order valence-corrected chi connectivity index (χ1v) is 11.6. The third-order valence-corrected chi connectivity index (χ3v) is 3.30. The van der Waals surface area contributed by atoms with Crippen molar-refractivity contribution in [2.45, 2.75) is 18.3 Å². The molecule has 0 rings (SSSR count). The van der Waals surface area contributed by atoms with Gasteiger partial charge in [-0.05, 0) is 0 Å². The minimum Gasteiger partial charge on any atom is -0.790 e. The zero-order valence-electron chi connectivity index (χ0n) is 16.1. The van der Waals surface area contributed by atoms with Crippen LogP contribution in [0.5, 0.6) is 0 Å². The monoisotopic (exact) mass is 740 g/mol. The minimum absolute atomic E-state index is 0. The Balaban J connectivity index is -0.000000110. The van der Waals surface area contributed by atoms with Crippen LogP contribution in [0.3, 0.4) is 0 Å². The van der Waals surface area contributed by atoms with E-state index in [0.717, 1.165) is 0 Å². The van der Waals surface area contributed by atoms with Gasteiger partial charge in [-0.2, -0.15) is 0 Å². The Morgan fingerprint density at radius 2 is 0.688 bits per heavy atom. The van der Waals surface area contributed by atoms with Gasteiger partial charge in [-0.1, -0.05) is 0 Å². The minimum atomic E-state index is -5.00. The van der Waals surface area contributed by atoms with Crippen LogP contribution in [-0.2, 0) is 27.3 Å². The second-order valence-electron chi connectivity index (χ2n) is 4.74. The van der Waals surface area contributed by atoms with E-state index >= 15 is 0 Å². The first-order chi connectivity index (χ1) is 13.4. The SMILES string of the molecule is O=P([O-])([O-])OCC(O)CO.O=P([O-])([O-])OCC(O)CO.O=P([O-])([O-])OCC(O)CO.[In+3].[In+3]. The summed E-state index contributed by atoms with van der Waals surface area (Å²) in [6, 6.07) is 0. The molecule has 0 saturated heterocycles. The molecule has 0 aromatic heterocycles. The Hall–Kier alpha value is 1.83. The quantitative estimate of drug-likeness (QED) is 0.101. The molecule has 32 heavy (non-hydrogen) atoms. The number of hydrogen-bond acceptors (Lipinski definition) is 18. The van der Waals surface area contributed by atoms with E-state index in [-0.39, 0.29) is 51.7 Å². The molecule has 0 heterocycles. The third-order valence-electron chi connectivity index (χ3n) is 1.91. The number of rotatable bonds is 12. The maximum absolute atomic E-state index is 9.71. The van der Waals surface area contributed by atoms with Crippen LogP contribution < -0.4 is 29.4 Å². The summed E-state index contributed by atoms with van der Waals surface area (Å²) in [7, 11) is -15.0. The second-order valence-corrected chi connectivity index (χ2v) is 8.20. The molecule has 0 aromatic carbocycles. The van der Waals surface area contributed by atoms with Crippen molar-refractivity contribution in [3.05, 3.63) is 0 Å². The molecular weight excluding hydrogens is 719 g/mol. The smallest absolute Gasteiger partial charge is 0.790 e. The molecule has 0 spiro atoms. The van der Waals surface area contributed by atoms with Crippen LogP contribution in [0, 0.1) is 0 Å². The Kier molecular flexibility index (Phi) is 31.9. The number of aliphatic hydroxyl groups excluding tert-OH is 6. The molecule has 0 fully saturated rings. The summed E-state index contributed by atoms with van der Waals surface area (Å²) < 4.78 is 40.0. The van der Waals surface area contributed by atoms with Crippen LogP contribution in [0.15, 0.2) is 0 Å². The van der Waals surface area contributed by atoms with Gasteiger partial charge >= 0.3 is 51.7 Å². The summed E-state index contributed by atoms with van der Waals surface area (Å²) in [5.74, 6) is 0. The molecule has 0 radical (unpaired) electrons. The summed E-state index contributed by atoms with van der Waals surface area (Å²) in [4.78, 5) is 58.3. The summed E-state index contributed by atoms with van der Waals surface area (Å²) in [5, 5.41) is 49.7. The fraction of sp³-hybridized carbons (Fsp3) is 1.00. The Bertz CT molecular complexity index is 474. The molecule has 0 amide bonds. The van der Waals surface area contributed by atoms with E-state index in [1.54, 1.807) is 0 Å². The number of hydrogen-bond donors (Lipinski definition) is 6. The molecule has 0 aliphatic heterocycles. The van der Waals surface area contributed by atoms with Gasteiger partial charge in [0.1, 0.15) is 18.3 Å². The Labute approximate surface area is 219 Å². The van der Waals surface area contributed by atoms with E-state index < -0.39 is 81.4 Å². The molecule has 23 heteroatoms. The predicted octanol–water partition coefficient (Wildman–Crippen LogP) is -9.21. The van der Waals surface area contributed by atoms with Crippen molar-refractivity contribution in [3.63, 3.8) is 0 Å². The van der Waals surface area contributed by atoms with E-state index in [2.05, 4.69) is 13.6 Å². The molecule has 186 valence electrons. The summed E-state index contributed by atoms with van der Waals surface area (Å²) in [6.45, 7) is -4.00. The molecule has 0 bridgehead atoms. The normalized spacial score (nSPS) is 14.2. The third kappa shape index (κ3) is 45.3. The summed E-state index contributed by atoms with van der Waals surface area (Å²) in [6.07, 6.45) is -3.97. The van der Waals surface area contributed by atoms with Crippen molar-refractivity contribution in [2.24, 2.45) is 0 Å². The Morgan fingerprint density at radius 1 is 0.531 bits per heavy atom. The van der Waals surface area contributed by atoms with Crippen molar-refractivity contribution in [1.82, 2.24) is 0 Å². The molecule has 3 atom stereocenters. The largest absolute Gasteiger partial charge is 3.00 e. The van der Waals surface area contributed by atoms with Gasteiger partial charge in [-0.15, -0.1) is 0 Å². The van der Waals surface area contributed by atoms with Gasteiger partial charge in [0.2, 0.25) is 0 Å². The standard InChI is InChI=1S/3C3H9O6P.2In/c3*4-1-3(5)2-9-10(6,7)8;;/h3*3-5H,1-2H2,(H2,6,7,8);;/q;;;2*+3/p-6. The Morgan fingerprint density at radius 3 is 0.781 bits per heavy atom. The summed E-state index contributed by atoms with van der Waals surface area (Å²) in [5.41, 5.74) is 0. The first kappa shape index (κ1) is 43.9. The van der Waals surface area contributed by atoms with Gasteiger partial charge in [0, 0.05) is 0 Å². The zero-order valence-corrected chi connectivity index (χ0v) is 25.3. The van der Waals surface area contributed by atoms with Gasteiger partial charge in [-0.3, -0.25) is 0 Å². The van der Waals surface area contributed by atoms with Gasteiger partial charge in [0.05, 0.1) is 63.1 Å². The maximum atomic E-state index is 9.71. The van der Waals surface area contributed by atoms with Gasteiger partial charge in [0.25, 0.3) is 0 Å². The van der Waals surface area contributed by atoms with E-state index in [9.17, 15) is 43.1 Å². The maximum Gasteiger partial charge on any atom is 3.00 e. The molecule has 0 aliphatic carbocycles. The number of phosphoric acid groups is 3. The average Bonchev–Trinajstić information content (AvgIpc) is 2.61. The van der Waals surface area contributed by atoms with Gasteiger partial charge in [-0.25, -0.2) is 0 Å². The molecule has 0 saturated carbocycles. The van der Waals surface area contributed by atoms with E-state index in [0.29, 0.717) is 0 Å². The fourth-order valence-corrected chi connectivity index (χ4v) is 1.75. The van der Waals surface area contributed by atoms with Crippen LogP contribution in [0.4, 0.5) is 0 Å². The van der Waals surface area contributed by atoms with Crippen LogP contribution >= 0.6 is 23.5 Å². The van der Waals surface area contributed by atoms with E-state index in [1.165, 1.54) is 0 Å². The second kappa shape index (κ2) is 23.2. The van der Waals surface area contributed by atoms with Gasteiger partial charge < -0.3 is 87.3 Å². The fourth-order valence-electron chi connectivity index (χ4n) is 0.690. The zero-order chi connectivity index (χ0) is 24.6. The molecule has 3 unspecified atom stereocenters. The van der Waals surface area contributed by atoms with Crippen LogP contribution in [0.1, 0.15) is 0 Å². The van der Waals surface area contributed by atoms with Gasteiger partial charge in [0.15, 0.2) is 0 Å². The van der Waals surface area contributed by atoms with E-state index in [1.807, 2.05) is 0 Å². The predicted molar refractivity (Wildman–Crippen MR) is 91.5 cm³/mol. The molecule has 18 nitrogen and oxygen atoms in total. The van der Waals surface area contributed by atoms with Crippen molar-refractivity contribution < 1.29 is 87.3 Å². The van der Waals surface area contributed by atoms with Crippen molar-refractivity contribution >= 4 is 75.2 Å². The van der Waals surface area contributed by atoms with Crippen LogP contribution in [0.25, 0.3) is 0 Å². The molecular formula is C9H21In2O18P3. The van der Waals surface area contributed by atoms with E-state index in [4.69, 9.17) is 30.6 Å². The number of aliphatic hydroxyl groups is 6. The summed E-state index contributed by atoms with van der Waals surface area (Å²) >= 11 is 0. The topological polar surface area (TPSA) is 339 Å². The van der Waals surface area contributed by atoms with Crippen molar-refractivity contribution in [2.75, 3.05) is 39.6 Å². The van der Waals surface area contributed by atoms with Crippen molar-refractivity contribution in [1.29, 1.82) is 0 Å². The van der Waals surface area contributed by atoms with Crippen LogP contribution in [0.2, 0.25) is 0 Å². The molecule has 0 aliphatic rings.